The lowest BCUT2D eigenvalue weighted by atomic mass is 10.1. The smallest absolute Gasteiger partial charge is 0.300 e. The Morgan fingerprint density at radius 1 is 1.31 bits per heavy atom. The summed E-state index contributed by atoms with van der Waals surface area (Å²) in [4.78, 5) is 0. The average molecular weight is 249 g/mol. The van der Waals surface area contributed by atoms with E-state index in [9.17, 15) is 13.2 Å². The van der Waals surface area contributed by atoms with E-state index in [-0.39, 0.29) is 6.04 Å². The van der Waals surface area contributed by atoms with Crippen molar-refractivity contribution in [3.8, 4) is 0 Å². The number of halogens is 3. The van der Waals surface area contributed by atoms with Crippen LogP contribution in [0.3, 0.4) is 0 Å². The van der Waals surface area contributed by atoms with Crippen molar-refractivity contribution in [2.24, 2.45) is 0 Å². The molecule has 1 aromatic rings. The van der Waals surface area contributed by atoms with E-state index in [1.807, 2.05) is 0 Å². The highest BCUT2D eigenvalue weighted by atomic mass is 32.2. The molecule has 6 heteroatoms. The van der Waals surface area contributed by atoms with Gasteiger partial charge in [-0.25, -0.2) is 4.72 Å². The molecule has 0 bridgehead atoms. The van der Waals surface area contributed by atoms with Crippen molar-refractivity contribution in [2.45, 2.75) is 18.6 Å². The maximum absolute atomic E-state index is 12.3. The van der Waals surface area contributed by atoms with Crippen molar-refractivity contribution in [1.82, 2.24) is 4.72 Å². The van der Waals surface area contributed by atoms with Gasteiger partial charge in [0.15, 0.2) is 0 Å². The molecule has 1 heterocycles. The number of hydrogen-bond donors (Lipinski definition) is 1. The van der Waals surface area contributed by atoms with Gasteiger partial charge in [-0.15, -0.1) is 0 Å². The highest BCUT2D eigenvalue weighted by molar-refractivity contribution is 7.92. The van der Waals surface area contributed by atoms with Crippen LogP contribution in [0.1, 0.15) is 11.1 Å². The lowest BCUT2D eigenvalue weighted by Crippen LogP contribution is -2.22. The molecule has 1 saturated heterocycles. The van der Waals surface area contributed by atoms with Crippen LogP contribution in [-0.4, -0.2) is 12.6 Å². The van der Waals surface area contributed by atoms with Gasteiger partial charge in [0, 0.05) is 6.04 Å². The molecule has 1 aliphatic heterocycles. The number of benzene rings is 1. The first-order chi connectivity index (χ1) is 7.55. The molecule has 88 valence electrons. The van der Waals surface area contributed by atoms with E-state index in [0.29, 0.717) is 13.0 Å². The Balaban J connectivity index is 2.01. The summed E-state index contributed by atoms with van der Waals surface area (Å²) in [6, 6.07) is 5.40. The molecule has 1 atom stereocenters. The Hall–Kier alpha value is -0.720. The molecule has 2 nitrogen and oxygen atoms in total. The minimum atomic E-state index is -4.26. The van der Waals surface area contributed by atoms with E-state index in [4.69, 9.17) is 4.18 Å². The van der Waals surface area contributed by atoms with Crippen molar-refractivity contribution < 1.29 is 17.4 Å². The average Bonchev–Trinajstić information content (AvgIpc) is 2.70. The van der Waals surface area contributed by atoms with Crippen molar-refractivity contribution in [3.05, 3.63) is 35.4 Å². The summed E-state index contributed by atoms with van der Waals surface area (Å²) in [5, 5.41) is 0. The van der Waals surface area contributed by atoms with Gasteiger partial charge >= 0.3 is 6.18 Å². The summed E-state index contributed by atoms with van der Waals surface area (Å²) in [5.74, 6) is 0. The number of hydrogen-bond acceptors (Lipinski definition) is 3. The molecule has 0 aliphatic carbocycles. The molecule has 1 aromatic carbocycles. The van der Waals surface area contributed by atoms with E-state index in [1.54, 1.807) is 0 Å². The zero-order valence-corrected chi connectivity index (χ0v) is 9.07. The fraction of sp³-hybridized carbons (Fsp3) is 0.400. The van der Waals surface area contributed by atoms with Crippen LogP contribution in [0.15, 0.2) is 24.3 Å². The minimum absolute atomic E-state index is 0.168. The fourth-order valence-corrected chi connectivity index (χ4v) is 2.05. The van der Waals surface area contributed by atoms with Gasteiger partial charge in [0.05, 0.1) is 24.4 Å². The first kappa shape index (κ1) is 11.8. The molecule has 0 saturated carbocycles. The van der Waals surface area contributed by atoms with E-state index in [1.165, 1.54) is 24.4 Å². The van der Waals surface area contributed by atoms with E-state index in [0.717, 1.165) is 17.7 Å². The monoisotopic (exact) mass is 249 g/mol. The lowest BCUT2D eigenvalue weighted by molar-refractivity contribution is -0.137. The molecule has 1 aliphatic rings. The van der Waals surface area contributed by atoms with Gasteiger partial charge in [-0.2, -0.15) is 13.2 Å². The lowest BCUT2D eigenvalue weighted by Gasteiger charge is -2.09. The number of nitrogens with one attached hydrogen (secondary N) is 1. The molecule has 0 aromatic heterocycles. The Morgan fingerprint density at radius 3 is 2.50 bits per heavy atom. The molecule has 0 radical (unpaired) electrons. The molecule has 0 unspecified atom stereocenters. The van der Waals surface area contributed by atoms with Crippen LogP contribution >= 0.6 is 12.2 Å². The second-order valence-corrected chi connectivity index (χ2v) is 4.22. The standard InChI is InChI=1S/C10H10F3NOS/c11-10(12,13)8-3-1-7(2-4-8)5-9-6-15-16-14-9/h1-4,9,14H,5-6H2/t9-/m0/s1. The van der Waals surface area contributed by atoms with E-state index < -0.39 is 11.7 Å². The second kappa shape index (κ2) is 4.65. The van der Waals surface area contributed by atoms with Crippen LogP contribution in [0.5, 0.6) is 0 Å². The Bertz CT molecular complexity index is 346. The maximum atomic E-state index is 12.3. The third kappa shape index (κ3) is 2.90. The zero-order valence-electron chi connectivity index (χ0n) is 8.25. The first-order valence-corrected chi connectivity index (χ1v) is 5.50. The van der Waals surface area contributed by atoms with Crippen LogP contribution < -0.4 is 4.72 Å². The highest BCUT2D eigenvalue weighted by Crippen LogP contribution is 2.29. The third-order valence-corrected chi connectivity index (χ3v) is 2.99. The summed E-state index contributed by atoms with van der Waals surface area (Å²) in [5.41, 5.74) is 0.262. The van der Waals surface area contributed by atoms with Gasteiger partial charge in [-0.1, -0.05) is 12.1 Å². The number of alkyl halides is 3. The van der Waals surface area contributed by atoms with Crippen molar-refractivity contribution in [3.63, 3.8) is 0 Å². The van der Waals surface area contributed by atoms with E-state index in [2.05, 4.69) is 4.72 Å². The SMILES string of the molecule is FC(F)(F)c1ccc(C[C@H]2COSN2)cc1. The van der Waals surface area contributed by atoms with Crippen LogP contribution in [0.25, 0.3) is 0 Å². The maximum Gasteiger partial charge on any atom is 0.416 e. The van der Waals surface area contributed by atoms with Crippen molar-refractivity contribution in [1.29, 1.82) is 0 Å². The molecule has 2 rings (SSSR count). The van der Waals surface area contributed by atoms with Gasteiger partial charge in [0.1, 0.15) is 0 Å². The predicted octanol–water partition coefficient (Wildman–Crippen LogP) is 2.80. The van der Waals surface area contributed by atoms with Crippen molar-refractivity contribution in [2.75, 3.05) is 6.61 Å². The summed E-state index contributed by atoms with van der Waals surface area (Å²) >= 11 is 1.18. The highest BCUT2D eigenvalue weighted by Gasteiger charge is 2.30. The summed E-state index contributed by atoms with van der Waals surface area (Å²) in [6.07, 6.45) is -3.59. The predicted molar refractivity (Wildman–Crippen MR) is 55.6 cm³/mol. The second-order valence-electron chi connectivity index (χ2n) is 3.58. The molecular weight excluding hydrogens is 239 g/mol. The Labute approximate surface area is 95.5 Å². The van der Waals surface area contributed by atoms with Gasteiger partial charge in [0.2, 0.25) is 0 Å². The topological polar surface area (TPSA) is 21.3 Å². The van der Waals surface area contributed by atoms with Crippen molar-refractivity contribution >= 4 is 12.2 Å². The largest absolute Gasteiger partial charge is 0.416 e. The van der Waals surface area contributed by atoms with Crippen LogP contribution in [0, 0.1) is 0 Å². The summed E-state index contributed by atoms with van der Waals surface area (Å²) < 4.78 is 44.9. The summed E-state index contributed by atoms with van der Waals surface area (Å²) in [6.45, 7) is 0.575. The molecule has 0 spiro atoms. The third-order valence-electron chi connectivity index (χ3n) is 2.31. The Morgan fingerprint density at radius 2 is 2.00 bits per heavy atom. The van der Waals surface area contributed by atoms with E-state index >= 15 is 0 Å². The molecular formula is C10H10F3NOS. The van der Waals surface area contributed by atoms with Crippen LogP contribution in [-0.2, 0) is 16.8 Å². The van der Waals surface area contributed by atoms with Gasteiger partial charge in [-0.3, -0.25) is 4.18 Å². The summed E-state index contributed by atoms with van der Waals surface area (Å²) in [7, 11) is 0. The Kier molecular flexibility index (Phi) is 3.41. The first-order valence-electron chi connectivity index (χ1n) is 4.76. The van der Waals surface area contributed by atoms with Gasteiger partial charge in [-0.05, 0) is 24.1 Å². The normalized spacial score (nSPS) is 21.3. The minimum Gasteiger partial charge on any atom is -0.300 e. The molecule has 1 N–H and O–H groups in total. The molecule has 0 amide bonds. The van der Waals surface area contributed by atoms with Gasteiger partial charge in [0.25, 0.3) is 0 Å². The molecule has 16 heavy (non-hydrogen) atoms. The number of rotatable bonds is 2. The van der Waals surface area contributed by atoms with Crippen LogP contribution in [0.2, 0.25) is 0 Å². The molecule has 1 fully saturated rings. The van der Waals surface area contributed by atoms with Crippen LogP contribution in [0.4, 0.5) is 13.2 Å². The quantitative estimate of drug-likeness (QED) is 0.643. The zero-order chi connectivity index (χ0) is 11.6. The van der Waals surface area contributed by atoms with Gasteiger partial charge < -0.3 is 0 Å². The fourth-order valence-electron chi connectivity index (χ4n) is 1.47.